The third-order valence-corrected chi connectivity index (χ3v) is 6.15. The molecule has 2 aliphatic rings. The number of carbonyl (C=O) groups is 1. The Morgan fingerprint density at radius 2 is 2.30 bits per heavy atom. The number of nitrogens with zero attached hydrogens (tertiary/aromatic N) is 2. The van der Waals surface area contributed by atoms with Crippen LogP contribution in [-0.2, 0) is 4.74 Å². The van der Waals surface area contributed by atoms with Crippen molar-refractivity contribution in [2.24, 2.45) is 0 Å². The molecule has 0 spiro atoms. The van der Waals surface area contributed by atoms with Crippen LogP contribution >= 0.6 is 23.5 Å². The van der Waals surface area contributed by atoms with Crippen molar-refractivity contribution in [1.29, 1.82) is 0 Å². The molecule has 6 heteroatoms. The predicted octanol–water partition coefficient (Wildman–Crippen LogP) is 3.05. The van der Waals surface area contributed by atoms with Crippen molar-refractivity contribution in [2.75, 3.05) is 23.9 Å². The molecular weight excluding hydrogens is 292 g/mol. The molecule has 2 fully saturated rings. The first kappa shape index (κ1) is 14.2. The van der Waals surface area contributed by atoms with Gasteiger partial charge in [-0.1, -0.05) is 0 Å². The first-order valence-corrected chi connectivity index (χ1v) is 9.23. The average Bonchev–Trinajstić information content (AvgIpc) is 3.32. The van der Waals surface area contributed by atoms with Crippen molar-refractivity contribution in [3.8, 4) is 0 Å². The number of hydrogen-bond donors (Lipinski definition) is 0. The van der Waals surface area contributed by atoms with Crippen LogP contribution in [0.5, 0.6) is 0 Å². The van der Waals surface area contributed by atoms with E-state index in [2.05, 4.69) is 4.98 Å². The topological polar surface area (TPSA) is 52.1 Å². The summed E-state index contributed by atoms with van der Waals surface area (Å²) in [6.07, 6.45) is 3.92. The standard InChI is InChI=1S/C14H18N2O2S2/c1-2-18-14(17)10-7-15-13(11-8-19-5-6-20-11)16-12(10)9-3-4-9/h7,9,11H,2-6,8H2,1H3. The van der Waals surface area contributed by atoms with Crippen molar-refractivity contribution in [1.82, 2.24) is 9.97 Å². The monoisotopic (exact) mass is 310 g/mol. The van der Waals surface area contributed by atoms with E-state index >= 15 is 0 Å². The van der Waals surface area contributed by atoms with Gasteiger partial charge in [-0.3, -0.25) is 0 Å². The van der Waals surface area contributed by atoms with Crippen LogP contribution in [-0.4, -0.2) is 39.8 Å². The lowest BCUT2D eigenvalue weighted by Gasteiger charge is -2.20. The molecule has 1 unspecified atom stereocenters. The van der Waals surface area contributed by atoms with Gasteiger partial charge in [0.25, 0.3) is 0 Å². The van der Waals surface area contributed by atoms with Crippen LogP contribution in [0.25, 0.3) is 0 Å². The van der Waals surface area contributed by atoms with Crippen LogP contribution in [0.2, 0.25) is 0 Å². The van der Waals surface area contributed by atoms with E-state index in [4.69, 9.17) is 9.72 Å². The third-order valence-electron chi connectivity index (χ3n) is 3.40. The van der Waals surface area contributed by atoms with Crippen molar-refractivity contribution < 1.29 is 9.53 Å². The summed E-state index contributed by atoms with van der Waals surface area (Å²) in [6, 6.07) is 0. The van der Waals surface area contributed by atoms with Gasteiger partial charge >= 0.3 is 5.97 Å². The summed E-state index contributed by atoms with van der Waals surface area (Å²) in [7, 11) is 0. The molecular formula is C14H18N2O2S2. The zero-order chi connectivity index (χ0) is 13.9. The van der Waals surface area contributed by atoms with Gasteiger partial charge in [0.15, 0.2) is 0 Å². The SMILES string of the molecule is CCOC(=O)c1cnc(C2CSCCS2)nc1C1CC1. The maximum atomic E-state index is 12.0. The lowest BCUT2D eigenvalue weighted by atomic mass is 10.1. The summed E-state index contributed by atoms with van der Waals surface area (Å²) in [5, 5.41) is 0.363. The van der Waals surface area contributed by atoms with Crippen LogP contribution < -0.4 is 0 Å². The highest BCUT2D eigenvalue weighted by Crippen LogP contribution is 2.42. The number of ether oxygens (including phenoxy) is 1. The van der Waals surface area contributed by atoms with Crippen LogP contribution in [0.3, 0.4) is 0 Å². The molecule has 0 amide bonds. The Labute approximate surface area is 127 Å². The lowest BCUT2D eigenvalue weighted by Crippen LogP contribution is -2.15. The molecule has 1 saturated heterocycles. The van der Waals surface area contributed by atoms with E-state index in [1.54, 1.807) is 6.20 Å². The largest absolute Gasteiger partial charge is 0.462 e. The van der Waals surface area contributed by atoms with E-state index < -0.39 is 0 Å². The van der Waals surface area contributed by atoms with Gasteiger partial charge in [-0.05, 0) is 19.8 Å². The maximum Gasteiger partial charge on any atom is 0.341 e. The predicted molar refractivity (Wildman–Crippen MR) is 82.5 cm³/mol. The van der Waals surface area contributed by atoms with Crippen molar-refractivity contribution >= 4 is 29.5 Å². The fourth-order valence-electron chi connectivity index (χ4n) is 2.24. The van der Waals surface area contributed by atoms with Crippen LogP contribution in [0, 0.1) is 0 Å². The summed E-state index contributed by atoms with van der Waals surface area (Å²) in [5.41, 5.74) is 1.47. The molecule has 4 nitrogen and oxygen atoms in total. The Balaban J connectivity index is 1.87. The maximum absolute atomic E-state index is 12.0. The number of thioether (sulfide) groups is 2. The Bertz CT molecular complexity index is 500. The summed E-state index contributed by atoms with van der Waals surface area (Å²) in [6.45, 7) is 2.21. The quantitative estimate of drug-likeness (QED) is 0.797. The number of carbonyl (C=O) groups excluding carboxylic acids is 1. The second-order valence-electron chi connectivity index (χ2n) is 4.96. The van der Waals surface area contributed by atoms with E-state index in [-0.39, 0.29) is 5.97 Å². The molecule has 1 aromatic heterocycles. The molecule has 0 bridgehead atoms. The second-order valence-corrected chi connectivity index (χ2v) is 7.42. The van der Waals surface area contributed by atoms with Gasteiger partial charge in [-0.2, -0.15) is 11.8 Å². The molecule has 1 aromatic rings. The van der Waals surface area contributed by atoms with E-state index in [1.807, 2.05) is 30.4 Å². The first-order chi connectivity index (χ1) is 9.79. The van der Waals surface area contributed by atoms with Crippen molar-refractivity contribution in [3.05, 3.63) is 23.3 Å². The molecule has 0 radical (unpaired) electrons. The van der Waals surface area contributed by atoms with Crippen molar-refractivity contribution in [2.45, 2.75) is 30.9 Å². The van der Waals surface area contributed by atoms with Crippen LogP contribution in [0.1, 0.15) is 52.8 Å². The van der Waals surface area contributed by atoms with Gasteiger partial charge in [0.05, 0.1) is 23.1 Å². The highest BCUT2D eigenvalue weighted by molar-refractivity contribution is 8.06. The van der Waals surface area contributed by atoms with Gasteiger partial charge in [0.1, 0.15) is 5.82 Å². The first-order valence-electron chi connectivity index (χ1n) is 7.03. The number of aromatic nitrogens is 2. The Morgan fingerprint density at radius 1 is 1.45 bits per heavy atom. The molecule has 1 aliphatic heterocycles. The normalized spacial score (nSPS) is 22.6. The molecule has 20 heavy (non-hydrogen) atoms. The van der Waals surface area contributed by atoms with E-state index in [0.29, 0.717) is 23.3 Å². The van der Waals surface area contributed by atoms with E-state index in [9.17, 15) is 4.79 Å². The zero-order valence-corrected chi connectivity index (χ0v) is 13.1. The number of hydrogen-bond acceptors (Lipinski definition) is 6. The summed E-state index contributed by atoms with van der Waals surface area (Å²) in [5.74, 6) is 4.45. The van der Waals surface area contributed by atoms with Gasteiger partial charge in [0.2, 0.25) is 0 Å². The van der Waals surface area contributed by atoms with Gasteiger partial charge < -0.3 is 4.74 Å². The summed E-state index contributed by atoms with van der Waals surface area (Å²) < 4.78 is 5.10. The molecule has 1 saturated carbocycles. The van der Waals surface area contributed by atoms with Gasteiger partial charge in [0, 0.05) is 29.4 Å². The zero-order valence-electron chi connectivity index (χ0n) is 11.5. The minimum atomic E-state index is -0.286. The van der Waals surface area contributed by atoms with E-state index in [1.165, 1.54) is 5.75 Å². The fraction of sp³-hybridized carbons (Fsp3) is 0.643. The minimum absolute atomic E-state index is 0.286. The third kappa shape index (κ3) is 3.11. The van der Waals surface area contributed by atoms with E-state index in [0.717, 1.165) is 35.9 Å². The molecule has 108 valence electrons. The van der Waals surface area contributed by atoms with Crippen LogP contribution in [0.15, 0.2) is 6.20 Å². The van der Waals surface area contributed by atoms with Crippen LogP contribution in [0.4, 0.5) is 0 Å². The highest BCUT2D eigenvalue weighted by atomic mass is 32.2. The van der Waals surface area contributed by atoms with Crippen molar-refractivity contribution in [3.63, 3.8) is 0 Å². The second kappa shape index (κ2) is 6.35. The molecule has 1 atom stereocenters. The smallest absolute Gasteiger partial charge is 0.341 e. The fourth-order valence-corrected chi connectivity index (χ4v) is 4.84. The summed E-state index contributed by atoms with van der Waals surface area (Å²) >= 11 is 3.87. The molecule has 3 rings (SSSR count). The Hall–Kier alpha value is -0.750. The van der Waals surface area contributed by atoms with Gasteiger partial charge in [-0.25, -0.2) is 14.8 Å². The molecule has 0 N–H and O–H groups in total. The molecule has 1 aliphatic carbocycles. The highest BCUT2D eigenvalue weighted by Gasteiger charge is 2.32. The summed E-state index contributed by atoms with van der Waals surface area (Å²) in [4.78, 5) is 21.1. The molecule has 2 heterocycles. The number of rotatable bonds is 4. The Morgan fingerprint density at radius 3 is 2.95 bits per heavy atom. The minimum Gasteiger partial charge on any atom is -0.462 e. The molecule has 0 aromatic carbocycles. The van der Waals surface area contributed by atoms with Gasteiger partial charge in [-0.15, -0.1) is 11.8 Å². The lowest BCUT2D eigenvalue weighted by molar-refractivity contribution is 0.0523. The average molecular weight is 310 g/mol. The Kier molecular flexibility index (Phi) is 4.51. The number of esters is 1.